The van der Waals surface area contributed by atoms with E-state index >= 15 is 0 Å². The van der Waals surface area contributed by atoms with E-state index in [-0.39, 0.29) is 12.6 Å². The van der Waals surface area contributed by atoms with Crippen LogP contribution in [0.15, 0.2) is 54.6 Å². The van der Waals surface area contributed by atoms with E-state index in [4.69, 9.17) is 28.6 Å². The Labute approximate surface area is 158 Å². The zero-order valence-corrected chi connectivity index (χ0v) is 15.6. The van der Waals surface area contributed by atoms with E-state index in [0.717, 1.165) is 24.1 Å². The van der Waals surface area contributed by atoms with Gasteiger partial charge in [0.15, 0.2) is 0 Å². The van der Waals surface area contributed by atoms with Crippen LogP contribution in [-0.4, -0.2) is 17.1 Å². The molecule has 0 aromatic heterocycles. The predicted octanol–water partition coefficient (Wildman–Crippen LogP) is 5.17. The third-order valence-corrected chi connectivity index (χ3v) is 4.15. The second kappa shape index (κ2) is 10.0. The Morgan fingerprint density at radius 1 is 1.16 bits per heavy atom. The number of rotatable bonds is 7. The summed E-state index contributed by atoms with van der Waals surface area (Å²) >= 11 is 11.3. The number of ether oxygens (including phenoxy) is 1. The molecule has 0 heterocycles. The van der Waals surface area contributed by atoms with Crippen molar-refractivity contribution in [1.82, 2.24) is 5.32 Å². The first-order chi connectivity index (χ1) is 12.1. The zero-order chi connectivity index (χ0) is 18.1. The van der Waals surface area contributed by atoms with Gasteiger partial charge < -0.3 is 15.4 Å². The van der Waals surface area contributed by atoms with E-state index in [2.05, 4.69) is 10.6 Å². The number of carbonyl (C=O) groups is 1. The van der Waals surface area contributed by atoms with Crippen LogP contribution in [0.5, 0.6) is 0 Å². The van der Waals surface area contributed by atoms with Gasteiger partial charge in [0.05, 0.1) is 6.04 Å². The second-order valence-corrected chi connectivity index (χ2v) is 6.42. The number of hydrogen-bond donors (Lipinski definition) is 2. The minimum absolute atomic E-state index is 0.225. The number of thiocarbonyl (C=S) groups is 1. The fraction of sp³-hybridized carbons (Fsp3) is 0.263. The highest BCUT2D eigenvalue weighted by Gasteiger charge is 2.17. The van der Waals surface area contributed by atoms with E-state index in [1.807, 2.05) is 49.4 Å². The van der Waals surface area contributed by atoms with Gasteiger partial charge in [0, 0.05) is 10.7 Å². The van der Waals surface area contributed by atoms with Crippen LogP contribution in [0.25, 0.3) is 0 Å². The Kier molecular flexibility index (Phi) is 7.70. The SMILES string of the molecule is CCC[C@@H](NC(=O)OCc1ccccc1)C(=S)Nc1ccc(Cl)cc1. The van der Waals surface area contributed by atoms with Crippen molar-refractivity contribution in [1.29, 1.82) is 0 Å². The zero-order valence-electron chi connectivity index (χ0n) is 14.0. The van der Waals surface area contributed by atoms with Gasteiger partial charge in [0.25, 0.3) is 0 Å². The van der Waals surface area contributed by atoms with Gasteiger partial charge in [-0.1, -0.05) is 67.5 Å². The predicted molar refractivity (Wildman–Crippen MR) is 106 cm³/mol. The third-order valence-electron chi connectivity index (χ3n) is 3.51. The molecule has 2 aromatic rings. The molecule has 0 fully saturated rings. The molecule has 0 aliphatic carbocycles. The Hall–Kier alpha value is -2.11. The first-order valence-corrected chi connectivity index (χ1v) is 8.90. The number of halogens is 1. The maximum absolute atomic E-state index is 12.1. The molecule has 0 bridgehead atoms. The summed E-state index contributed by atoms with van der Waals surface area (Å²) in [7, 11) is 0. The Bertz CT molecular complexity index is 692. The van der Waals surface area contributed by atoms with Crippen molar-refractivity contribution in [2.24, 2.45) is 0 Å². The minimum atomic E-state index is -0.484. The van der Waals surface area contributed by atoms with Crippen LogP contribution < -0.4 is 10.6 Å². The van der Waals surface area contributed by atoms with E-state index in [9.17, 15) is 4.79 Å². The summed E-state index contributed by atoms with van der Waals surface area (Å²) in [6.07, 6.45) is 1.12. The lowest BCUT2D eigenvalue weighted by Gasteiger charge is -2.20. The molecule has 0 spiro atoms. The standard InChI is InChI=1S/C19H21ClN2O2S/c1-2-6-17(18(25)21-16-11-9-15(20)10-12-16)22-19(23)24-13-14-7-4-3-5-8-14/h3-5,7-12,17H,2,6,13H2,1H3,(H,21,25)(H,22,23)/t17-/m1/s1. The number of nitrogens with one attached hydrogen (secondary N) is 2. The number of anilines is 1. The van der Waals surface area contributed by atoms with Gasteiger partial charge in [-0.2, -0.15) is 0 Å². The molecule has 1 amide bonds. The minimum Gasteiger partial charge on any atom is -0.445 e. The highest BCUT2D eigenvalue weighted by molar-refractivity contribution is 7.80. The van der Waals surface area contributed by atoms with Crippen LogP contribution >= 0.6 is 23.8 Å². The monoisotopic (exact) mass is 376 g/mol. The van der Waals surface area contributed by atoms with Crippen LogP contribution in [0, 0.1) is 0 Å². The second-order valence-electron chi connectivity index (χ2n) is 5.54. The summed E-state index contributed by atoms with van der Waals surface area (Å²) in [5.74, 6) is 0. The Morgan fingerprint density at radius 2 is 1.84 bits per heavy atom. The van der Waals surface area contributed by atoms with Gasteiger partial charge in [0.1, 0.15) is 11.6 Å². The average Bonchev–Trinajstić information content (AvgIpc) is 2.62. The van der Waals surface area contributed by atoms with Crippen molar-refractivity contribution < 1.29 is 9.53 Å². The van der Waals surface area contributed by atoms with E-state index in [0.29, 0.717) is 10.0 Å². The van der Waals surface area contributed by atoms with E-state index in [1.165, 1.54) is 0 Å². The molecular formula is C19H21ClN2O2S. The molecule has 1 atom stereocenters. The molecule has 0 aliphatic rings. The molecule has 0 saturated carbocycles. The molecule has 4 nitrogen and oxygen atoms in total. The first-order valence-electron chi connectivity index (χ1n) is 8.12. The smallest absolute Gasteiger partial charge is 0.408 e. The summed E-state index contributed by atoms with van der Waals surface area (Å²) in [6.45, 7) is 2.26. The summed E-state index contributed by atoms with van der Waals surface area (Å²) in [4.78, 5) is 12.6. The lowest BCUT2D eigenvalue weighted by atomic mass is 10.1. The largest absolute Gasteiger partial charge is 0.445 e. The number of benzene rings is 2. The molecule has 25 heavy (non-hydrogen) atoms. The molecule has 0 saturated heterocycles. The topological polar surface area (TPSA) is 50.4 Å². The van der Waals surface area contributed by atoms with Gasteiger partial charge in [-0.25, -0.2) is 4.79 Å². The highest BCUT2D eigenvalue weighted by Crippen LogP contribution is 2.14. The Morgan fingerprint density at radius 3 is 2.48 bits per heavy atom. The lowest BCUT2D eigenvalue weighted by molar-refractivity contribution is 0.138. The summed E-state index contributed by atoms with van der Waals surface area (Å²) < 4.78 is 5.27. The van der Waals surface area contributed by atoms with Crippen molar-refractivity contribution in [2.45, 2.75) is 32.4 Å². The van der Waals surface area contributed by atoms with E-state index in [1.54, 1.807) is 12.1 Å². The van der Waals surface area contributed by atoms with Gasteiger partial charge in [0.2, 0.25) is 0 Å². The molecule has 132 valence electrons. The van der Waals surface area contributed by atoms with Crippen LogP contribution in [0.1, 0.15) is 25.3 Å². The lowest BCUT2D eigenvalue weighted by Crippen LogP contribution is -2.43. The quantitative estimate of drug-likeness (QED) is 0.654. The molecule has 2 rings (SSSR count). The van der Waals surface area contributed by atoms with Crippen LogP contribution in [-0.2, 0) is 11.3 Å². The van der Waals surface area contributed by atoms with Crippen molar-refractivity contribution in [2.75, 3.05) is 5.32 Å². The number of carbonyl (C=O) groups excluding carboxylic acids is 1. The fourth-order valence-electron chi connectivity index (χ4n) is 2.23. The summed E-state index contributed by atoms with van der Waals surface area (Å²) in [5, 5.41) is 6.62. The fourth-order valence-corrected chi connectivity index (χ4v) is 2.65. The summed E-state index contributed by atoms with van der Waals surface area (Å²) in [6, 6.07) is 16.5. The highest BCUT2D eigenvalue weighted by atomic mass is 35.5. The Balaban J connectivity index is 1.88. The maximum Gasteiger partial charge on any atom is 0.408 e. The van der Waals surface area contributed by atoms with Gasteiger partial charge in [-0.15, -0.1) is 0 Å². The van der Waals surface area contributed by atoms with Gasteiger partial charge in [-0.05, 0) is 36.2 Å². The van der Waals surface area contributed by atoms with Gasteiger partial charge >= 0.3 is 6.09 Å². The molecule has 0 aliphatic heterocycles. The molecule has 2 N–H and O–H groups in total. The van der Waals surface area contributed by atoms with Crippen molar-refractivity contribution >= 4 is 40.6 Å². The van der Waals surface area contributed by atoms with Crippen LogP contribution in [0.3, 0.4) is 0 Å². The third kappa shape index (κ3) is 6.72. The van der Waals surface area contributed by atoms with Gasteiger partial charge in [-0.3, -0.25) is 0 Å². The molecule has 6 heteroatoms. The van der Waals surface area contributed by atoms with Crippen LogP contribution in [0.2, 0.25) is 5.02 Å². The molecule has 0 unspecified atom stereocenters. The molecular weight excluding hydrogens is 356 g/mol. The number of alkyl carbamates (subject to hydrolysis) is 1. The van der Waals surface area contributed by atoms with Crippen molar-refractivity contribution in [3.05, 3.63) is 65.2 Å². The van der Waals surface area contributed by atoms with Crippen molar-refractivity contribution in [3.63, 3.8) is 0 Å². The molecule has 2 aromatic carbocycles. The maximum atomic E-state index is 12.1. The van der Waals surface area contributed by atoms with Crippen molar-refractivity contribution in [3.8, 4) is 0 Å². The summed E-state index contributed by atoms with van der Waals surface area (Å²) in [5.41, 5.74) is 1.77. The number of amides is 1. The first kappa shape index (κ1) is 19.2. The normalized spacial score (nSPS) is 11.4. The van der Waals surface area contributed by atoms with Crippen LogP contribution in [0.4, 0.5) is 10.5 Å². The van der Waals surface area contributed by atoms with E-state index < -0.39 is 6.09 Å². The molecule has 0 radical (unpaired) electrons. The average molecular weight is 377 g/mol. The number of hydrogen-bond acceptors (Lipinski definition) is 3.